The monoisotopic (exact) mass is 356 g/mol. The fourth-order valence-corrected chi connectivity index (χ4v) is 1.94. The van der Waals surface area contributed by atoms with Gasteiger partial charge in [0.05, 0.1) is 6.67 Å². The highest BCUT2D eigenvalue weighted by Gasteiger charge is 2.07. The van der Waals surface area contributed by atoms with Gasteiger partial charge in [-0.3, -0.25) is 20.0 Å². The first-order chi connectivity index (χ1) is 11.9. The molecule has 0 aliphatic carbocycles. The molecule has 1 atom stereocenters. The van der Waals surface area contributed by atoms with Crippen molar-refractivity contribution in [3.63, 3.8) is 0 Å². The highest BCUT2D eigenvalue weighted by atomic mass is 16.3. The summed E-state index contributed by atoms with van der Waals surface area (Å²) in [5, 5.41) is 15.4. The van der Waals surface area contributed by atoms with Crippen LogP contribution < -0.4 is 10.6 Å². The lowest BCUT2D eigenvalue weighted by molar-refractivity contribution is -0.114. The maximum absolute atomic E-state index is 12.0. The Morgan fingerprint density at radius 2 is 1.88 bits per heavy atom. The summed E-state index contributed by atoms with van der Waals surface area (Å²) in [5.74, 6) is -0.123. The smallest absolute Gasteiger partial charge is 0.265 e. The van der Waals surface area contributed by atoms with Gasteiger partial charge < -0.3 is 15.3 Å². The molecule has 0 aromatic heterocycles. The number of rotatable bonds is 14. The van der Waals surface area contributed by atoms with Gasteiger partial charge in [0.25, 0.3) is 5.91 Å². The van der Waals surface area contributed by atoms with E-state index in [9.17, 15) is 9.90 Å². The number of nitrogens with one attached hydrogen (secondary N) is 2. The molecule has 0 bridgehead atoms. The van der Waals surface area contributed by atoms with Crippen molar-refractivity contribution in [1.82, 2.24) is 20.4 Å². The van der Waals surface area contributed by atoms with Crippen LogP contribution in [0.2, 0.25) is 0 Å². The molecule has 146 valence electrons. The first kappa shape index (κ1) is 23.6. The largest absolute Gasteiger partial charge is 0.379 e. The number of aliphatic hydroxyl groups excluding tert-OH is 1. The zero-order chi connectivity index (χ0) is 19.1. The Hall–Kier alpha value is -1.35. The Kier molecular flexibility index (Phi) is 14.1. The Labute approximate surface area is 152 Å². The molecule has 0 fully saturated rings. The number of carbonyl (C=O) groups excluding carboxylic acids is 1. The number of hydrogen-bond donors (Lipinski definition) is 3. The predicted molar refractivity (Wildman–Crippen MR) is 104 cm³/mol. The summed E-state index contributed by atoms with van der Waals surface area (Å²) in [4.78, 5) is 24.2. The Morgan fingerprint density at radius 1 is 1.20 bits per heavy atom. The normalized spacial score (nSPS) is 13.8. The Balaban J connectivity index is 3.93. The lowest BCUT2D eigenvalue weighted by atomic mass is 10.2. The molecule has 0 radical (unpaired) electrons. The molecule has 25 heavy (non-hydrogen) atoms. The van der Waals surface area contributed by atoms with Crippen LogP contribution in [-0.2, 0) is 4.79 Å². The van der Waals surface area contributed by atoms with E-state index < -0.39 is 6.23 Å². The van der Waals surface area contributed by atoms with Crippen LogP contribution in [-0.4, -0.2) is 93.1 Å². The molecule has 0 aromatic rings. The van der Waals surface area contributed by atoms with Crippen LogP contribution in [0.3, 0.4) is 0 Å². The third-order valence-electron chi connectivity index (χ3n) is 3.67. The summed E-state index contributed by atoms with van der Waals surface area (Å²) in [6.07, 6.45) is 3.43. The van der Waals surface area contributed by atoms with Crippen LogP contribution in [0, 0.1) is 0 Å². The van der Waals surface area contributed by atoms with Gasteiger partial charge in [0.15, 0.2) is 0 Å². The minimum Gasteiger partial charge on any atom is -0.379 e. The average molecular weight is 357 g/mol. The fraction of sp³-hybridized carbons (Fsp3) is 0.824. The third-order valence-corrected chi connectivity index (χ3v) is 3.67. The molecule has 1 amide bonds. The SMILES string of the molecule is CC/C(=N\C=N/CNCCCN(C)C(C)O)C(=O)NCCCN(C)C. The van der Waals surface area contributed by atoms with Crippen molar-refractivity contribution in [2.75, 3.05) is 54.0 Å². The summed E-state index contributed by atoms with van der Waals surface area (Å²) in [6.45, 7) is 7.34. The number of aliphatic hydroxyl groups is 1. The second-order valence-electron chi connectivity index (χ2n) is 6.26. The molecule has 0 saturated carbocycles. The van der Waals surface area contributed by atoms with Gasteiger partial charge in [-0.2, -0.15) is 0 Å². The summed E-state index contributed by atoms with van der Waals surface area (Å²) in [6, 6.07) is 0. The van der Waals surface area contributed by atoms with Crippen molar-refractivity contribution in [2.45, 2.75) is 39.3 Å². The highest BCUT2D eigenvalue weighted by molar-refractivity contribution is 6.39. The summed E-state index contributed by atoms with van der Waals surface area (Å²) < 4.78 is 0. The Morgan fingerprint density at radius 3 is 2.48 bits per heavy atom. The lowest BCUT2D eigenvalue weighted by Crippen LogP contribution is -2.32. The summed E-state index contributed by atoms with van der Waals surface area (Å²) in [7, 11) is 5.91. The summed E-state index contributed by atoms with van der Waals surface area (Å²) in [5.41, 5.74) is 0.493. The van der Waals surface area contributed by atoms with E-state index in [2.05, 4.69) is 25.5 Å². The van der Waals surface area contributed by atoms with E-state index in [1.807, 2.05) is 33.0 Å². The molecule has 0 saturated heterocycles. The van der Waals surface area contributed by atoms with Crippen molar-refractivity contribution in [3.8, 4) is 0 Å². The molecule has 0 spiro atoms. The number of aliphatic imine (C=N–C) groups is 2. The predicted octanol–water partition coefficient (Wildman–Crippen LogP) is 0.141. The van der Waals surface area contributed by atoms with Gasteiger partial charge in [-0.1, -0.05) is 6.92 Å². The third kappa shape index (κ3) is 13.6. The van der Waals surface area contributed by atoms with Crippen molar-refractivity contribution >= 4 is 18.0 Å². The van der Waals surface area contributed by atoms with Crippen molar-refractivity contribution in [2.24, 2.45) is 9.98 Å². The maximum Gasteiger partial charge on any atom is 0.265 e. The second kappa shape index (κ2) is 14.9. The van der Waals surface area contributed by atoms with Crippen LogP contribution in [0.5, 0.6) is 0 Å². The second-order valence-corrected chi connectivity index (χ2v) is 6.26. The van der Waals surface area contributed by atoms with Crippen LogP contribution in [0.1, 0.15) is 33.1 Å². The first-order valence-corrected chi connectivity index (χ1v) is 8.95. The van der Waals surface area contributed by atoms with Gasteiger partial charge in [0, 0.05) is 13.1 Å². The quantitative estimate of drug-likeness (QED) is 0.178. The summed E-state index contributed by atoms with van der Waals surface area (Å²) >= 11 is 0. The van der Waals surface area contributed by atoms with Gasteiger partial charge in [-0.15, -0.1) is 0 Å². The molecule has 1 unspecified atom stereocenters. The number of amides is 1. The van der Waals surface area contributed by atoms with Crippen LogP contribution in [0.4, 0.5) is 0 Å². The van der Waals surface area contributed by atoms with E-state index in [-0.39, 0.29) is 5.91 Å². The van der Waals surface area contributed by atoms with Gasteiger partial charge in [0.2, 0.25) is 0 Å². The molecule has 0 aliphatic rings. The van der Waals surface area contributed by atoms with E-state index >= 15 is 0 Å². The standard InChI is InChI=1S/C17H36N6O2/c1-6-16(17(25)20-10-8-11-22(3)4)21-14-19-13-18-9-7-12-23(5)15(2)24/h14-15,18,24H,6-13H2,1-5H3,(H,20,25)/b19-14-,21-16+. The number of carbonyl (C=O) groups is 1. The lowest BCUT2D eigenvalue weighted by Gasteiger charge is -2.19. The molecule has 0 aliphatic heterocycles. The molecule has 8 nitrogen and oxygen atoms in total. The minimum absolute atomic E-state index is 0.123. The zero-order valence-corrected chi connectivity index (χ0v) is 16.5. The minimum atomic E-state index is -0.422. The maximum atomic E-state index is 12.0. The molecular weight excluding hydrogens is 320 g/mol. The van der Waals surface area contributed by atoms with E-state index in [4.69, 9.17) is 0 Å². The highest BCUT2D eigenvalue weighted by Crippen LogP contribution is 1.91. The van der Waals surface area contributed by atoms with E-state index in [0.717, 1.165) is 32.5 Å². The topological polar surface area (TPSA) is 92.6 Å². The van der Waals surface area contributed by atoms with Crippen molar-refractivity contribution in [3.05, 3.63) is 0 Å². The fourth-order valence-electron chi connectivity index (χ4n) is 1.94. The van der Waals surface area contributed by atoms with Gasteiger partial charge in [-0.05, 0) is 60.4 Å². The average Bonchev–Trinajstić information content (AvgIpc) is 2.56. The van der Waals surface area contributed by atoms with E-state index in [1.165, 1.54) is 6.34 Å². The number of nitrogens with zero attached hydrogens (tertiary/aromatic N) is 4. The van der Waals surface area contributed by atoms with Crippen LogP contribution in [0.25, 0.3) is 0 Å². The van der Waals surface area contributed by atoms with Gasteiger partial charge in [-0.25, -0.2) is 4.99 Å². The molecule has 3 N–H and O–H groups in total. The van der Waals surface area contributed by atoms with Crippen molar-refractivity contribution in [1.29, 1.82) is 0 Å². The molecule has 8 heteroatoms. The van der Waals surface area contributed by atoms with Gasteiger partial charge >= 0.3 is 0 Å². The molecule has 0 heterocycles. The first-order valence-electron chi connectivity index (χ1n) is 8.95. The van der Waals surface area contributed by atoms with Crippen LogP contribution in [0.15, 0.2) is 9.98 Å². The van der Waals surface area contributed by atoms with Gasteiger partial charge in [0.1, 0.15) is 18.3 Å². The van der Waals surface area contributed by atoms with E-state index in [1.54, 1.807) is 6.92 Å². The molecule has 0 aromatic carbocycles. The van der Waals surface area contributed by atoms with Crippen molar-refractivity contribution < 1.29 is 9.90 Å². The zero-order valence-electron chi connectivity index (χ0n) is 16.5. The Bertz CT molecular complexity index is 410. The molecule has 0 rings (SSSR count). The number of hydrogen-bond acceptors (Lipinski definition) is 6. The van der Waals surface area contributed by atoms with E-state index in [0.29, 0.717) is 25.3 Å². The molecular formula is C17H36N6O2. The van der Waals surface area contributed by atoms with Crippen LogP contribution >= 0.6 is 0 Å².